The lowest BCUT2D eigenvalue weighted by Crippen LogP contribution is -2.28. The first-order valence-electron chi connectivity index (χ1n) is 9.09. The zero-order valence-electron chi connectivity index (χ0n) is 14.9. The SMILES string of the molecule is O=C(COC(=O)c1c2c(nc3ccccc13)CCCC2)NCc1cccs1. The molecule has 0 fully saturated rings. The van der Waals surface area contributed by atoms with E-state index in [1.807, 2.05) is 41.8 Å². The Kier molecular flexibility index (Phi) is 5.16. The Bertz CT molecular complexity index is 983. The van der Waals surface area contributed by atoms with Gasteiger partial charge in [0.2, 0.25) is 0 Å². The van der Waals surface area contributed by atoms with Crippen molar-refractivity contribution in [1.29, 1.82) is 0 Å². The Hall–Kier alpha value is -2.73. The number of aromatic nitrogens is 1. The van der Waals surface area contributed by atoms with Crippen LogP contribution in [0.4, 0.5) is 0 Å². The summed E-state index contributed by atoms with van der Waals surface area (Å²) < 4.78 is 5.36. The summed E-state index contributed by atoms with van der Waals surface area (Å²) in [5.74, 6) is -0.748. The second-order valence-electron chi connectivity index (χ2n) is 6.57. The van der Waals surface area contributed by atoms with Crippen LogP contribution in [-0.2, 0) is 28.9 Å². The zero-order chi connectivity index (χ0) is 18.6. The molecule has 1 aliphatic carbocycles. The predicted molar refractivity (Wildman–Crippen MR) is 105 cm³/mol. The highest BCUT2D eigenvalue weighted by Gasteiger charge is 2.24. The summed E-state index contributed by atoms with van der Waals surface area (Å²) in [4.78, 5) is 30.7. The van der Waals surface area contributed by atoms with Crippen molar-refractivity contribution in [2.24, 2.45) is 0 Å². The Morgan fingerprint density at radius 1 is 1.11 bits per heavy atom. The van der Waals surface area contributed by atoms with E-state index in [1.54, 1.807) is 11.3 Å². The Morgan fingerprint density at radius 2 is 1.96 bits per heavy atom. The molecular formula is C21H20N2O3S. The van der Waals surface area contributed by atoms with Gasteiger partial charge in [0.25, 0.3) is 5.91 Å². The molecule has 0 saturated heterocycles. The van der Waals surface area contributed by atoms with Gasteiger partial charge in [-0.15, -0.1) is 11.3 Å². The molecule has 0 saturated carbocycles. The topological polar surface area (TPSA) is 68.3 Å². The summed E-state index contributed by atoms with van der Waals surface area (Å²) in [6.45, 7) is 0.164. The van der Waals surface area contributed by atoms with Gasteiger partial charge in [0.1, 0.15) is 0 Å². The van der Waals surface area contributed by atoms with Crippen LogP contribution >= 0.6 is 11.3 Å². The molecule has 1 aromatic carbocycles. The van der Waals surface area contributed by atoms with E-state index < -0.39 is 5.97 Å². The lowest BCUT2D eigenvalue weighted by Gasteiger charge is -2.19. The highest BCUT2D eigenvalue weighted by atomic mass is 32.1. The second kappa shape index (κ2) is 7.88. The number of hydrogen-bond acceptors (Lipinski definition) is 5. The average molecular weight is 380 g/mol. The molecule has 5 nitrogen and oxygen atoms in total. The van der Waals surface area contributed by atoms with Crippen molar-refractivity contribution in [2.75, 3.05) is 6.61 Å². The van der Waals surface area contributed by atoms with Crippen molar-refractivity contribution in [2.45, 2.75) is 32.2 Å². The highest BCUT2D eigenvalue weighted by molar-refractivity contribution is 7.09. The van der Waals surface area contributed by atoms with Crippen LogP contribution in [0.2, 0.25) is 0 Å². The molecule has 2 heterocycles. The number of fused-ring (bicyclic) bond motifs is 2. The number of hydrogen-bond donors (Lipinski definition) is 1. The van der Waals surface area contributed by atoms with Crippen molar-refractivity contribution in [3.63, 3.8) is 0 Å². The van der Waals surface area contributed by atoms with Crippen LogP contribution in [0.5, 0.6) is 0 Å². The highest BCUT2D eigenvalue weighted by Crippen LogP contribution is 2.29. The summed E-state index contributed by atoms with van der Waals surface area (Å²) in [6, 6.07) is 11.5. The molecule has 0 unspecified atom stereocenters. The number of aryl methyl sites for hydroxylation is 1. The van der Waals surface area contributed by atoms with E-state index in [0.29, 0.717) is 12.1 Å². The molecule has 1 amide bonds. The molecule has 1 aliphatic rings. The van der Waals surface area contributed by atoms with Crippen molar-refractivity contribution in [3.05, 3.63) is 63.5 Å². The third-order valence-corrected chi connectivity index (χ3v) is 5.62. The fourth-order valence-electron chi connectivity index (χ4n) is 3.46. The number of benzene rings is 1. The number of carbonyl (C=O) groups is 2. The van der Waals surface area contributed by atoms with Crippen molar-refractivity contribution in [1.82, 2.24) is 10.3 Å². The maximum Gasteiger partial charge on any atom is 0.339 e. The van der Waals surface area contributed by atoms with E-state index in [0.717, 1.165) is 52.7 Å². The van der Waals surface area contributed by atoms with Gasteiger partial charge in [-0.1, -0.05) is 24.3 Å². The summed E-state index contributed by atoms with van der Waals surface area (Å²) in [5.41, 5.74) is 3.33. The van der Waals surface area contributed by atoms with Crippen molar-refractivity contribution in [3.8, 4) is 0 Å². The van der Waals surface area contributed by atoms with Gasteiger partial charge >= 0.3 is 5.97 Å². The summed E-state index contributed by atoms with van der Waals surface area (Å²) in [6.07, 6.45) is 3.82. The van der Waals surface area contributed by atoms with E-state index in [1.165, 1.54) is 0 Å². The lowest BCUT2D eigenvalue weighted by atomic mass is 9.90. The number of ether oxygens (including phenoxy) is 1. The Morgan fingerprint density at radius 3 is 2.81 bits per heavy atom. The number of pyridine rings is 1. The van der Waals surface area contributed by atoms with Crippen LogP contribution < -0.4 is 5.32 Å². The minimum atomic E-state index is -0.446. The standard InChI is InChI=1S/C21H20N2O3S/c24-19(22-12-14-6-5-11-27-14)13-26-21(25)20-15-7-1-3-9-17(15)23-18-10-4-2-8-16(18)20/h1,3,5-7,9,11H,2,4,8,10,12-13H2,(H,22,24). The Labute approximate surface area is 161 Å². The lowest BCUT2D eigenvalue weighted by molar-refractivity contribution is -0.124. The second-order valence-corrected chi connectivity index (χ2v) is 7.60. The van der Waals surface area contributed by atoms with E-state index in [9.17, 15) is 9.59 Å². The third-order valence-electron chi connectivity index (χ3n) is 4.75. The molecule has 27 heavy (non-hydrogen) atoms. The number of nitrogens with one attached hydrogen (secondary N) is 1. The monoisotopic (exact) mass is 380 g/mol. The molecule has 1 N–H and O–H groups in total. The van der Waals surface area contributed by atoms with Gasteiger partial charge in [0.05, 0.1) is 17.6 Å². The van der Waals surface area contributed by atoms with Gasteiger partial charge in [-0.3, -0.25) is 9.78 Å². The number of para-hydroxylation sites is 1. The normalized spacial score (nSPS) is 13.2. The van der Waals surface area contributed by atoms with Gasteiger partial charge in [-0.2, -0.15) is 0 Å². The maximum atomic E-state index is 12.8. The fourth-order valence-corrected chi connectivity index (χ4v) is 4.10. The molecule has 4 rings (SSSR count). The van der Waals surface area contributed by atoms with E-state index in [2.05, 4.69) is 5.32 Å². The fraction of sp³-hybridized carbons (Fsp3) is 0.286. The first-order valence-corrected chi connectivity index (χ1v) is 9.97. The molecule has 138 valence electrons. The number of esters is 1. The van der Waals surface area contributed by atoms with Crippen LogP contribution in [0.1, 0.15) is 39.3 Å². The molecule has 6 heteroatoms. The third kappa shape index (κ3) is 3.85. The minimum absolute atomic E-state index is 0.282. The largest absolute Gasteiger partial charge is 0.452 e. The molecule has 0 spiro atoms. The van der Waals surface area contributed by atoms with Crippen LogP contribution in [0, 0.1) is 0 Å². The van der Waals surface area contributed by atoms with Crippen LogP contribution in [-0.4, -0.2) is 23.5 Å². The van der Waals surface area contributed by atoms with Gasteiger partial charge in [-0.05, 0) is 48.8 Å². The predicted octanol–water partition coefficient (Wildman–Crippen LogP) is 3.65. The number of rotatable bonds is 5. The van der Waals surface area contributed by atoms with Gasteiger partial charge in [0.15, 0.2) is 6.61 Å². The first-order chi connectivity index (χ1) is 13.2. The first kappa shape index (κ1) is 17.7. The van der Waals surface area contributed by atoms with E-state index >= 15 is 0 Å². The van der Waals surface area contributed by atoms with Gasteiger partial charge in [-0.25, -0.2) is 4.79 Å². The van der Waals surface area contributed by atoms with Gasteiger partial charge in [0, 0.05) is 16.0 Å². The number of thiophene rings is 1. The molecule has 0 bridgehead atoms. The number of amides is 1. The van der Waals surface area contributed by atoms with Crippen molar-refractivity contribution < 1.29 is 14.3 Å². The zero-order valence-corrected chi connectivity index (χ0v) is 15.7. The maximum absolute atomic E-state index is 12.8. The Balaban J connectivity index is 1.51. The van der Waals surface area contributed by atoms with Crippen LogP contribution in [0.3, 0.4) is 0 Å². The minimum Gasteiger partial charge on any atom is -0.452 e. The summed E-state index contributed by atoms with van der Waals surface area (Å²) >= 11 is 1.57. The molecule has 0 atom stereocenters. The molecular weight excluding hydrogens is 360 g/mol. The average Bonchev–Trinajstić information content (AvgIpc) is 3.22. The molecule has 3 aromatic rings. The van der Waals surface area contributed by atoms with Crippen LogP contribution in [0.15, 0.2) is 41.8 Å². The smallest absolute Gasteiger partial charge is 0.339 e. The number of nitrogens with zero attached hydrogens (tertiary/aromatic N) is 1. The number of carbonyl (C=O) groups excluding carboxylic acids is 2. The molecule has 0 aliphatic heterocycles. The summed E-state index contributed by atoms with van der Waals surface area (Å²) in [7, 11) is 0. The molecule has 0 radical (unpaired) electrons. The molecule has 2 aromatic heterocycles. The van der Waals surface area contributed by atoms with Crippen LogP contribution in [0.25, 0.3) is 10.9 Å². The quantitative estimate of drug-likeness (QED) is 0.686. The van der Waals surface area contributed by atoms with E-state index in [-0.39, 0.29) is 12.5 Å². The van der Waals surface area contributed by atoms with E-state index in [4.69, 9.17) is 9.72 Å². The summed E-state index contributed by atoms with van der Waals surface area (Å²) in [5, 5.41) is 5.52. The van der Waals surface area contributed by atoms with Crippen molar-refractivity contribution >= 4 is 34.1 Å². The van der Waals surface area contributed by atoms with Gasteiger partial charge < -0.3 is 10.1 Å².